The molecule has 1 aliphatic rings. The van der Waals surface area contributed by atoms with Crippen molar-refractivity contribution >= 4 is 5.78 Å². The highest BCUT2D eigenvalue weighted by Gasteiger charge is 2.32. The van der Waals surface area contributed by atoms with Gasteiger partial charge in [-0.2, -0.15) is 0 Å². The van der Waals surface area contributed by atoms with E-state index >= 15 is 0 Å². The van der Waals surface area contributed by atoms with Crippen LogP contribution in [0, 0.1) is 11.3 Å². The lowest BCUT2D eigenvalue weighted by atomic mass is 9.82. The van der Waals surface area contributed by atoms with Crippen LogP contribution in [-0.2, 0) is 14.3 Å². The number of Topliss-reactive ketones (excluding diaryl/α,β-unsaturated/α-hetero) is 1. The Morgan fingerprint density at radius 2 is 1.94 bits per heavy atom. The number of hydrogen-bond acceptors (Lipinski definition) is 3. The third kappa shape index (κ3) is 3.87. The first kappa shape index (κ1) is 13.7. The predicted octanol–water partition coefficient (Wildman–Crippen LogP) is 2.43. The molecule has 0 aromatic rings. The maximum atomic E-state index is 12.1. The summed E-state index contributed by atoms with van der Waals surface area (Å²) >= 11 is 0. The van der Waals surface area contributed by atoms with Gasteiger partial charge in [0, 0.05) is 26.7 Å². The molecule has 1 aliphatic heterocycles. The molecule has 0 aromatic carbocycles. The minimum absolute atomic E-state index is 0.114. The van der Waals surface area contributed by atoms with Crippen LogP contribution in [0.25, 0.3) is 0 Å². The topological polar surface area (TPSA) is 35.5 Å². The van der Waals surface area contributed by atoms with Gasteiger partial charge in [0.1, 0.15) is 6.10 Å². The van der Waals surface area contributed by atoms with Gasteiger partial charge in [-0.1, -0.05) is 20.8 Å². The molecule has 1 heterocycles. The Kier molecular flexibility index (Phi) is 4.93. The molecule has 0 radical (unpaired) electrons. The minimum atomic E-state index is -0.282. The summed E-state index contributed by atoms with van der Waals surface area (Å²) in [5, 5.41) is 0. The highest BCUT2D eigenvalue weighted by molar-refractivity contribution is 5.84. The van der Waals surface area contributed by atoms with Crippen LogP contribution in [0.3, 0.4) is 0 Å². The molecule has 1 atom stereocenters. The van der Waals surface area contributed by atoms with E-state index in [1.54, 1.807) is 7.11 Å². The Labute approximate surface area is 98.5 Å². The van der Waals surface area contributed by atoms with Crippen molar-refractivity contribution in [3.05, 3.63) is 0 Å². The average molecular weight is 228 g/mol. The molecule has 0 N–H and O–H groups in total. The standard InChI is InChI=1S/C13H24O3/c1-13(2,3)12(15-4)11(14)9-10-5-7-16-8-6-10/h10,12H,5-9H2,1-4H3. The van der Waals surface area contributed by atoms with Gasteiger partial charge in [0.15, 0.2) is 5.78 Å². The van der Waals surface area contributed by atoms with Gasteiger partial charge in [-0.15, -0.1) is 0 Å². The molecule has 94 valence electrons. The summed E-state index contributed by atoms with van der Waals surface area (Å²) in [6, 6.07) is 0. The van der Waals surface area contributed by atoms with Crippen LogP contribution in [0.1, 0.15) is 40.0 Å². The summed E-state index contributed by atoms with van der Waals surface area (Å²) in [6.07, 6.45) is 2.37. The van der Waals surface area contributed by atoms with Gasteiger partial charge < -0.3 is 9.47 Å². The molecule has 1 saturated heterocycles. The van der Waals surface area contributed by atoms with Crippen molar-refractivity contribution < 1.29 is 14.3 Å². The highest BCUT2D eigenvalue weighted by Crippen LogP contribution is 2.27. The van der Waals surface area contributed by atoms with Crippen LogP contribution in [0.2, 0.25) is 0 Å². The van der Waals surface area contributed by atoms with E-state index in [1.807, 2.05) is 20.8 Å². The SMILES string of the molecule is COC(C(=O)CC1CCOCC1)C(C)(C)C. The van der Waals surface area contributed by atoms with Crippen molar-refractivity contribution in [2.24, 2.45) is 11.3 Å². The third-order valence-electron chi connectivity index (χ3n) is 3.15. The molecule has 0 saturated carbocycles. The normalized spacial score (nSPS) is 20.8. The zero-order chi connectivity index (χ0) is 12.2. The largest absolute Gasteiger partial charge is 0.381 e. The quantitative estimate of drug-likeness (QED) is 0.741. The van der Waals surface area contributed by atoms with Gasteiger partial charge in [0.05, 0.1) is 0 Å². The van der Waals surface area contributed by atoms with E-state index in [-0.39, 0.29) is 17.3 Å². The first-order valence-electron chi connectivity index (χ1n) is 6.08. The number of carbonyl (C=O) groups is 1. The molecule has 0 amide bonds. The van der Waals surface area contributed by atoms with Gasteiger partial charge in [-0.05, 0) is 24.2 Å². The lowest BCUT2D eigenvalue weighted by Crippen LogP contribution is -2.37. The Balaban J connectivity index is 2.48. The number of methoxy groups -OCH3 is 1. The second kappa shape index (κ2) is 5.78. The molecule has 1 fully saturated rings. The van der Waals surface area contributed by atoms with Crippen LogP contribution in [-0.4, -0.2) is 32.2 Å². The van der Waals surface area contributed by atoms with Crippen molar-refractivity contribution in [3.63, 3.8) is 0 Å². The van der Waals surface area contributed by atoms with E-state index in [0.717, 1.165) is 26.1 Å². The Bertz CT molecular complexity index is 224. The first-order chi connectivity index (χ1) is 7.45. The van der Waals surface area contributed by atoms with Crippen LogP contribution >= 0.6 is 0 Å². The van der Waals surface area contributed by atoms with Crippen LogP contribution in [0.15, 0.2) is 0 Å². The van der Waals surface area contributed by atoms with Gasteiger partial charge in [-0.25, -0.2) is 0 Å². The van der Waals surface area contributed by atoms with Gasteiger partial charge in [0.2, 0.25) is 0 Å². The minimum Gasteiger partial charge on any atom is -0.381 e. The molecular weight excluding hydrogens is 204 g/mol. The summed E-state index contributed by atoms with van der Waals surface area (Å²) < 4.78 is 10.6. The second-order valence-corrected chi connectivity index (χ2v) is 5.71. The van der Waals surface area contributed by atoms with Gasteiger partial charge in [0.25, 0.3) is 0 Å². The molecule has 0 spiro atoms. The van der Waals surface area contributed by atoms with Crippen molar-refractivity contribution in [1.29, 1.82) is 0 Å². The van der Waals surface area contributed by atoms with Crippen molar-refractivity contribution in [3.8, 4) is 0 Å². The number of carbonyl (C=O) groups excluding carboxylic acids is 1. The van der Waals surface area contributed by atoms with E-state index in [4.69, 9.17) is 9.47 Å². The summed E-state index contributed by atoms with van der Waals surface area (Å²) in [4.78, 5) is 12.1. The van der Waals surface area contributed by atoms with Crippen LogP contribution in [0.4, 0.5) is 0 Å². The lowest BCUT2D eigenvalue weighted by Gasteiger charge is -2.30. The Hall–Kier alpha value is -0.410. The zero-order valence-corrected chi connectivity index (χ0v) is 10.9. The van der Waals surface area contributed by atoms with E-state index in [0.29, 0.717) is 12.3 Å². The third-order valence-corrected chi connectivity index (χ3v) is 3.15. The van der Waals surface area contributed by atoms with Gasteiger partial charge >= 0.3 is 0 Å². The van der Waals surface area contributed by atoms with Crippen molar-refractivity contribution in [1.82, 2.24) is 0 Å². The monoisotopic (exact) mass is 228 g/mol. The molecule has 3 heteroatoms. The molecule has 0 aliphatic carbocycles. The zero-order valence-electron chi connectivity index (χ0n) is 10.9. The van der Waals surface area contributed by atoms with E-state index in [9.17, 15) is 4.79 Å². The maximum Gasteiger partial charge on any atom is 0.162 e. The highest BCUT2D eigenvalue weighted by atomic mass is 16.5. The summed E-state index contributed by atoms with van der Waals surface area (Å²) in [7, 11) is 1.62. The van der Waals surface area contributed by atoms with Crippen LogP contribution < -0.4 is 0 Å². The van der Waals surface area contributed by atoms with Crippen LogP contribution in [0.5, 0.6) is 0 Å². The average Bonchev–Trinajstić information content (AvgIpc) is 2.17. The van der Waals surface area contributed by atoms with Crippen molar-refractivity contribution in [2.75, 3.05) is 20.3 Å². The Morgan fingerprint density at radius 1 is 1.38 bits per heavy atom. The van der Waals surface area contributed by atoms with Crippen molar-refractivity contribution in [2.45, 2.75) is 46.1 Å². The molecule has 3 nitrogen and oxygen atoms in total. The Morgan fingerprint density at radius 3 is 2.38 bits per heavy atom. The lowest BCUT2D eigenvalue weighted by molar-refractivity contribution is -0.136. The molecule has 1 rings (SSSR count). The fraction of sp³-hybridized carbons (Fsp3) is 0.923. The number of ketones is 1. The molecule has 0 bridgehead atoms. The summed E-state index contributed by atoms with van der Waals surface area (Å²) in [5.74, 6) is 0.725. The molecular formula is C13H24O3. The van der Waals surface area contributed by atoms with E-state index in [1.165, 1.54) is 0 Å². The summed E-state index contributed by atoms with van der Waals surface area (Å²) in [5.41, 5.74) is -0.114. The fourth-order valence-electron chi connectivity index (χ4n) is 2.31. The molecule has 0 aromatic heterocycles. The first-order valence-corrected chi connectivity index (χ1v) is 6.08. The molecule has 16 heavy (non-hydrogen) atoms. The maximum absolute atomic E-state index is 12.1. The smallest absolute Gasteiger partial charge is 0.162 e. The second-order valence-electron chi connectivity index (χ2n) is 5.71. The van der Waals surface area contributed by atoms with E-state index < -0.39 is 0 Å². The number of hydrogen-bond donors (Lipinski definition) is 0. The number of ether oxygens (including phenoxy) is 2. The number of rotatable bonds is 4. The van der Waals surface area contributed by atoms with E-state index in [2.05, 4.69) is 0 Å². The predicted molar refractivity (Wildman–Crippen MR) is 63.4 cm³/mol. The fourth-order valence-corrected chi connectivity index (χ4v) is 2.31. The summed E-state index contributed by atoms with van der Waals surface area (Å²) in [6.45, 7) is 7.73. The van der Waals surface area contributed by atoms with Gasteiger partial charge in [-0.3, -0.25) is 4.79 Å². The molecule has 1 unspecified atom stereocenters.